The van der Waals surface area contributed by atoms with Crippen LogP contribution in [-0.2, 0) is 4.74 Å². The van der Waals surface area contributed by atoms with Crippen LogP contribution in [0.25, 0.3) is 0 Å². The first-order valence-electron chi connectivity index (χ1n) is 7.22. The van der Waals surface area contributed by atoms with Crippen LogP contribution in [-0.4, -0.2) is 18.0 Å². The second-order valence-corrected chi connectivity index (χ2v) is 7.30. The summed E-state index contributed by atoms with van der Waals surface area (Å²) < 4.78 is 6.86. The second-order valence-electron chi connectivity index (χ2n) is 5.95. The molecule has 1 unspecified atom stereocenters. The van der Waals surface area contributed by atoms with Crippen molar-refractivity contribution in [3.05, 3.63) is 33.3 Å². The van der Waals surface area contributed by atoms with Crippen LogP contribution in [0.4, 0.5) is 0 Å². The normalized spacial score (nSPS) is 25.0. The third-order valence-electron chi connectivity index (χ3n) is 4.53. The predicted octanol–water partition coefficient (Wildman–Crippen LogP) is 5.02. The Morgan fingerprint density at radius 2 is 2.05 bits per heavy atom. The number of hydrogen-bond acceptors (Lipinski definition) is 2. The Hall–Kier alpha value is -0.380. The summed E-state index contributed by atoms with van der Waals surface area (Å²) in [5, 5.41) is 0.602. The van der Waals surface area contributed by atoms with E-state index < -0.39 is 0 Å². The van der Waals surface area contributed by atoms with Gasteiger partial charge in [0.25, 0.3) is 0 Å². The number of benzene rings is 1. The van der Waals surface area contributed by atoms with Crippen LogP contribution < -0.4 is 0 Å². The lowest BCUT2D eigenvalue weighted by molar-refractivity contribution is -0.0866. The number of carbonyl (C=O) groups is 1. The Morgan fingerprint density at radius 3 is 2.75 bits per heavy atom. The molecule has 1 aliphatic heterocycles. The number of ether oxygens (including phenoxy) is 1. The van der Waals surface area contributed by atoms with E-state index in [-0.39, 0.29) is 17.3 Å². The van der Waals surface area contributed by atoms with E-state index in [1.54, 1.807) is 12.1 Å². The van der Waals surface area contributed by atoms with E-state index in [0.717, 1.165) is 30.2 Å². The Labute approximate surface area is 133 Å². The van der Waals surface area contributed by atoms with Gasteiger partial charge in [0.05, 0.1) is 5.60 Å². The SMILES string of the molecule is O=C(c1cc(Cl)cc(Br)c1)C1CCOC2(CCCC2)C1. The maximum Gasteiger partial charge on any atom is 0.166 e. The topological polar surface area (TPSA) is 26.3 Å². The molecule has 0 N–H and O–H groups in total. The highest BCUT2D eigenvalue weighted by atomic mass is 79.9. The molecule has 4 heteroatoms. The highest BCUT2D eigenvalue weighted by molar-refractivity contribution is 9.10. The average Bonchev–Trinajstić information content (AvgIpc) is 2.85. The maximum atomic E-state index is 12.7. The molecule has 20 heavy (non-hydrogen) atoms. The van der Waals surface area contributed by atoms with Crippen LogP contribution in [0.2, 0.25) is 5.02 Å². The van der Waals surface area contributed by atoms with Crippen molar-refractivity contribution in [1.82, 2.24) is 0 Å². The van der Waals surface area contributed by atoms with Crippen LogP contribution >= 0.6 is 27.5 Å². The minimum absolute atomic E-state index is 0.0195. The van der Waals surface area contributed by atoms with Gasteiger partial charge in [0, 0.05) is 27.6 Å². The summed E-state index contributed by atoms with van der Waals surface area (Å²) in [5.41, 5.74) is 0.693. The molecule has 0 bridgehead atoms. The molecule has 0 amide bonds. The number of ketones is 1. The van der Waals surface area contributed by atoms with Crippen LogP contribution in [0.15, 0.2) is 22.7 Å². The summed E-state index contributed by atoms with van der Waals surface area (Å²) in [6.07, 6.45) is 6.36. The van der Waals surface area contributed by atoms with E-state index in [9.17, 15) is 4.79 Å². The molecule has 1 heterocycles. The van der Waals surface area contributed by atoms with Crippen LogP contribution in [0.5, 0.6) is 0 Å². The fourth-order valence-electron chi connectivity index (χ4n) is 3.55. The zero-order valence-corrected chi connectivity index (χ0v) is 13.7. The van der Waals surface area contributed by atoms with E-state index in [0.29, 0.717) is 17.2 Å². The summed E-state index contributed by atoms with van der Waals surface area (Å²) in [5.74, 6) is 0.287. The lowest BCUT2D eigenvalue weighted by Gasteiger charge is -2.37. The molecular formula is C16H18BrClO2. The average molecular weight is 358 g/mol. The largest absolute Gasteiger partial charge is 0.375 e. The Bertz CT molecular complexity index is 503. The maximum absolute atomic E-state index is 12.7. The Morgan fingerprint density at radius 1 is 1.30 bits per heavy atom. The lowest BCUT2D eigenvalue weighted by atomic mass is 9.81. The van der Waals surface area contributed by atoms with Crippen molar-refractivity contribution in [3.8, 4) is 0 Å². The molecule has 1 aromatic rings. The van der Waals surface area contributed by atoms with Gasteiger partial charge in [-0.1, -0.05) is 40.4 Å². The van der Waals surface area contributed by atoms with E-state index in [1.165, 1.54) is 12.8 Å². The standard InChI is InChI=1S/C16H18BrClO2/c17-13-7-12(8-14(18)9-13)15(19)11-3-6-20-16(10-11)4-1-2-5-16/h7-9,11H,1-6,10H2. The molecule has 1 aliphatic carbocycles. The predicted molar refractivity (Wildman–Crippen MR) is 83.4 cm³/mol. The molecule has 1 atom stereocenters. The van der Waals surface area contributed by atoms with Crippen molar-refractivity contribution >= 4 is 33.3 Å². The Balaban J connectivity index is 1.79. The molecular weight excluding hydrogens is 340 g/mol. The smallest absolute Gasteiger partial charge is 0.166 e. The monoisotopic (exact) mass is 356 g/mol. The molecule has 108 valence electrons. The van der Waals surface area contributed by atoms with Crippen molar-refractivity contribution in [2.75, 3.05) is 6.61 Å². The van der Waals surface area contributed by atoms with Gasteiger partial charge in [-0.05, 0) is 43.9 Å². The lowest BCUT2D eigenvalue weighted by Crippen LogP contribution is -2.39. The number of Topliss-reactive ketones (excluding diaryl/α,β-unsaturated/α-hetero) is 1. The highest BCUT2D eigenvalue weighted by Gasteiger charge is 2.42. The van der Waals surface area contributed by atoms with Crippen LogP contribution in [0.3, 0.4) is 0 Å². The first-order chi connectivity index (χ1) is 9.58. The van der Waals surface area contributed by atoms with Gasteiger partial charge in [0.1, 0.15) is 0 Å². The van der Waals surface area contributed by atoms with Crippen molar-refractivity contribution in [2.24, 2.45) is 5.92 Å². The fraction of sp³-hybridized carbons (Fsp3) is 0.562. The van der Waals surface area contributed by atoms with Crippen molar-refractivity contribution < 1.29 is 9.53 Å². The summed E-state index contributed by atoms with van der Waals surface area (Å²) in [4.78, 5) is 12.7. The molecule has 1 saturated heterocycles. The molecule has 2 fully saturated rings. The van der Waals surface area contributed by atoms with Crippen LogP contribution in [0, 0.1) is 5.92 Å². The van der Waals surface area contributed by atoms with Gasteiger partial charge in [-0.3, -0.25) is 4.79 Å². The van der Waals surface area contributed by atoms with E-state index in [1.807, 2.05) is 6.07 Å². The second kappa shape index (κ2) is 5.78. The number of halogens is 2. The first-order valence-corrected chi connectivity index (χ1v) is 8.39. The molecule has 1 aromatic carbocycles. The van der Waals surface area contributed by atoms with Gasteiger partial charge in [-0.2, -0.15) is 0 Å². The van der Waals surface area contributed by atoms with Crippen molar-refractivity contribution in [1.29, 1.82) is 0 Å². The highest BCUT2D eigenvalue weighted by Crippen LogP contribution is 2.42. The Kier molecular flexibility index (Phi) is 4.21. The summed E-state index contributed by atoms with van der Waals surface area (Å²) in [6, 6.07) is 5.44. The summed E-state index contributed by atoms with van der Waals surface area (Å²) in [6.45, 7) is 0.706. The third kappa shape index (κ3) is 2.95. The molecule has 3 rings (SSSR count). The van der Waals surface area contributed by atoms with E-state index in [2.05, 4.69) is 15.9 Å². The minimum atomic E-state index is -0.0195. The van der Waals surface area contributed by atoms with Crippen molar-refractivity contribution in [2.45, 2.75) is 44.1 Å². The number of rotatable bonds is 2. The van der Waals surface area contributed by atoms with Crippen molar-refractivity contribution in [3.63, 3.8) is 0 Å². The van der Waals surface area contributed by atoms with E-state index >= 15 is 0 Å². The van der Waals surface area contributed by atoms with Gasteiger partial charge in [-0.25, -0.2) is 0 Å². The quantitative estimate of drug-likeness (QED) is 0.694. The number of carbonyl (C=O) groups excluding carboxylic acids is 1. The van der Waals surface area contributed by atoms with Gasteiger partial charge < -0.3 is 4.74 Å². The molecule has 1 spiro atoms. The number of hydrogen-bond donors (Lipinski definition) is 0. The minimum Gasteiger partial charge on any atom is -0.375 e. The first kappa shape index (κ1) is 14.6. The molecule has 2 aliphatic rings. The fourth-order valence-corrected chi connectivity index (χ4v) is 4.41. The third-order valence-corrected chi connectivity index (χ3v) is 5.20. The molecule has 0 aromatic heterocycles. The zero-order chi connectivity index (χ0) is 14.2. The zero-order valence-electron chi connectivity index (χ0n) is 11.3. The van der Waals surface area contributed by atoms with Gasteiger partial charge >= 0.3 is 0 Å². The van der Waals surface area contributed by atoms with E-state index in [4.69, 9.17) is 16.3 Å². The molecule has 2 nitrogen and oxygen atoms in total. The van der Waals surface area contributed by atoms with Gasteiger partial charge in [-0.15, -0.1) is 0 Å². The summed E-state index contributed by atoms with van der Waals surface area (Å²) >= 11 is 9.45. The molecule has 1 saturated carbocycles. The van der Waals surface area contributed by atoms with Gasteiger partial charge in [0.15, 0.2) is 5.78 Å². The van der Waals surface area contributed by atoms with Gasteiger partial charge in [0.2, 0.25) is 0 Å². The molecule has 0 radical (unpaired) electrons. The van der Waals surface area contributed by atoms with Crippen LogP contribution in [0.1, 0.15) is 48.9 Å². The summed E-state index contributed by atoms with van der Waals surface area (Å²) in [7, 11) is 0.